The van der Waals surface area contributed by atoms with Gasteiger partial charge in [-0.2, -0.15) is 0 Å². The van der Waals surface area contributed by atoms with E-state index in [1.807, 2.05) is 0 Å². The van der Waals surface area contributed by atoms with Crippen molar-refractivity contribution < 1.29 is 27.4 Å². The first-order chi connectivity index (χ1) is 13.3. The number of anilines is 1. The minimum absolute atomic E-state index is 0.0802. The summed E-state index contributed by atoms with van der Waals surface area (Å²) in [7, 11) is -4.07. The van der Waals surface area contributed by atoms with Crippen LogP contribution in [0.1, 0.15) is 49.4 Å². The second-order valence-corrected chi connectivity index (χ2v) is 7.99. The number of halogens is 1. The summed E-state index contributed by atoms with van der Waals surface area (Å²) in [4.78, 5) is 11.1. The number of nitrogens with one attached hydrogen (secondary N) is 1. The topological polar surface area (TPSA) is 92.7 Å². The van der Waals surface area contributed by atoms with Crippen LogP contribution in [0.15, 0.2) is 47.4 Å². The molecule has 0 saturated carbocycles. The highest BCUT2D eigenvalue weighted by molar-refractivity contribution is 7.92. The summed E-state index contributed by atoms with van der Waals surface area (Å²) in [6, 6.07) is 9.16. The standard InChI is InChI=1S/C20H24FNO5S/c1-2-3-4-5-6-14-27-15-10-12-16(13-11-15)28(25,26)22-18-9-7-8-17(21)19(18)20(23)24/h7-13,22H,2-6,14H2,1H3,(H,23,24). The lowest BCUT2D eigenvalue weighted by molar-refractivity contribution is 0.0693. The lowest BCUT2D eigenvalue weighted by Crippen LogP contribution is -2.16. The molecule has 0 fully saturated rings. The van der Waals surface area contributed by atoms with Gasteiger partial charge in [-0.15, -0.1) is 0 Å². The summed E-state index contributed by atoms with van der Waals surface area (Å²) in [6.07, 6.45) is 5.56. The van der Waals surface area contributed by atoms with E-state index in [4.69, 9.17) is 9.84 Å². The van der Waals surface area contributed by atoms with E-state index in [9.17, 15) is 17.6 Å². The third-order valence-corrected chi connectivity index (χ3v) is 5.50. The van der Waals surface area contributed by atoms with Gasteiger partial charge in [0, 0.05) is 0 Å². The number of carbonyl (C=O) groups is 1. The fraction of sp³-hybridized carbons (Fsp3) is 0.350. The van der Waals surface area contributed by atoms with E-state index in [0.29, 0.717) is 12.4 Å². The number of hydrogen-bond donors (Lipinski definition) is 2. The average molecular weight is 409 g/mol. The summed E-state index contributed by atoms with van der Waals surface area (Å²) < 4.78 is 46.4. The summed E-state index contributed by atoms with van der Waals surface area (Å²) in [6.45, 7) is 2.71. The van der Waals surface area contributed by atoms with Crippen molar-refractivity contribution in [1.29, 1.82) is 0 Å². The summed E-state index contributed by atoms with van der Waals surface area (Å²) >= 11 is 0. The zero-order valence-corrected chi connectivity index (χ0v) is 16.5. The van der Waals surface area contributed by atoms with Gasteiger partial charge >= 0.3 is 5.97 Å². The number of aromatic carboxylic acids is 1. The monoisotopic (exact) mass is 409 g/mol. The number of unbranched alkanes of at least 4 members (excludes halogenated alkanes) is 4. The zero-order chi connectivity index (χ0) is 20.6. The Kier molecular flexibility index (Phi) is 7.80. The third-order valence-electron chi connectivity index (χ3n) is 4.12. The fourth-order valence-corrected chi connectivity index (χ4v) is 3.71. The molecule has 0 bridgehead atoms. The van der Waals surface area contributed by atoms with Crippen molar-refractivity contribution in [3.05, 3.63) is 53.8 Å². The fourth-order valence-electron chi connectivity index (χ4n) is 2.64. The molecule has 6 nitrogen and oxygen atoms in total. The van der Waals surface area contributed by atoms with Crippen LogP contribution in [0, 0.1) is 5.82 Å². The van der Waals surface area contributed by atoms with Crippen LogP contribution in [0.3, 0.4) is 0 Å². The number of ether oxygens (including phenoxy) is 1. The molecule has 152 valence electrons. The minimum atomic E-state index is -4.07. The Hall–Kier alpha value is -2.61. The van der Waals surface area contributed by atoms with Crippen molar-refractivity contribution in [3.63, 3.8) is 0 Å². The van der Waals surface area contributed by atoms with Gasteiger partial charge in [-0.1, -0.05) is 38.7 Å². The molecule has 2 rings (SSSR count). The first kappa shape index (κ1) is 21.7. The first-order valence-corrected chi connectivity index (χ1v) is 10.6. The molecule has 0 atom stereocenters. The molecule has 0 aliphatic carbocycles. The van der Waals surface area contributed by atoms with Gasteiger partial charge in [0.05, 0.1) is 17.2 Å². The molecule has 0 radical (unpaired) electrons. The van der Waals surface area contributed by atoms with Gasteiger partial charge in [0.25, 0.3) is 10.0 Å². The Balaban J connectivity index is 2.03. The Bertz CT molecular complexity index is 897. The van der Waals surface area contributed by atoms with Crippen LogP contribution in [0.4, 0.5) is 10.1 Å². The van der Waals surface area contributed by atoms with E-state index in [1.54, 1.807) is 0 Å². The van der Waals surface area contributed by atoms with Crippen molar-refractivity contribution in [2.75, 3.05) is 11.3 Å². The Labute approximate surface area is 164 Å². The molecule has 28 heavy (non-hydrogen) atoms. The molecular weight excluding hydrogens is 385 g/mol. The molecule has 0 unspecified atom stereocenters. The smallest absolute Gasteiger partial charge is 0.340 e. The summed E-state index contributed by atoms with van der Waals surface area (Å²) in [5.74, 6) is -2.03. The molecule has 0 aliphatic heterocycles. The van der Waals surface area contributed by atoms with Gasteiger partial charge in [0.1, 0.15) is 17.1 Å². The van der Waals surface area contributed by atoms with Crippen LogP contribution in [0.25, 0.3) is 0 Å². The molecule has 2 aromatic rings. The average Bonchev–Trinajstić information content (AvgIpc) is 2.64. The third kappa shape index (κ3) is 5.95. The molecular formula is C20H24FNO5S. The van der Waals surface area contributed by atoms with Gasteiger partial charge in [-0.05, 0) is 42.8 Å². The normalized spacial score (nSPS) is 11.2. The first-order valence-electron chi connectivity index (χ1n) is 9.12. The van der Waals surface area contributed by atoms with Crippen LogP contribution in [0.2, 0.25) is 0 Å². The molecule has 0 saturated heterocycles. The SMILES string of the molecule is CCCCCCCOc1ccc(S(=O)(=O)Nc2cccc(F)c2C(=O)O)cc1. The highest BCUT2D eigenvalue weighted by Crippen LogP contribution is 2.24. The molecule has 2 aromatic carbocycles. The number of benzene rings is 2. The van der Waals surface area contributed by atoms with E-state index in [0.717, 1.165) is 18.9 Å². The van der Waals surface area contributed by atoms with Crippen molar-refractivity contribution in [2.45, 2.75) is 43.9 Å². The van der Waals surface area contributed by atoms with Crippen LogP contribution >= 0.6 is 0 Å². The van der Waals surface area contributed by atoms with E-state index < -0.39 is 27.4 Å². The molecule has 0 heterocycles. The number of sulfonamides is 1. The number of hydrogen-bond acceptors (Lipinski definition) is 4. The summed E-state index contributed by atoms with van der Waals surface area (Å²) in [5, 5.41) is 9.11. The highest BCUT2D eigenvalue weighted by atomic mass is 32.2. The Morgan fingerprint density at radius 1 is 1.07 bits per heavy atom. The number of rotatable bonds is 11. The van der Waals surface area contributed by atoms with Crippen molar-refractivity contribution in [3.8, 4) is 5.75 Å². The summed E-state index contributed by atoms with van der Waals surface area (Å²) in [5.41, 5.74) is -1.06. The molecule has 0 aliphatic rings. The van der Waals surface area contributed by atoms with E-state index in [-0.39, 0.29) is 10.6 Å². The van der Waals surface area contributed by atoms with Crippen molar-refractivity contribution >= 4 is 21.7 Å². The maximum absolute atomic E-state index is 13.7. The van der Waals surface area contributed by atoms with Crippen LogP contribution in [0.5, 0.6) is 5.75 Å². The van der Waals surface area contributed by atoms with Crippen LogP contribution in [-0.2, 0) is 10.0 Å². The quantitative estimate of drug-likeness (QED) is 0.526. The predicted molar refractivity (Wildman–Crippen MR) is 105 cm³/mol. The number of carboxylic acids is 1. The molecule has 0 aromatic heterocycles. The van der Waals surface area contributed by atoms with Crippen molar-refractivity contribution in [1.82, 2.24) is 0 Å². The van der Waals surface area contributed by atoms with E-state index in [2.05, 4.69) is 11.6 Å². The van der Waals surface area contributed by atoms with Gasteiger partial charge in [-0.25, -0.2) is 17.6 Å². The van der Waals surface area contributed by atoms with Gasteiger partial charge < -0.3 is 9.84 Å². The second-order valence-electron chi connectivity index (χ2n) is 6.31. The lowest BCUT2D eigenvalue weighted by atomic mass is 10.2. The maximum atomic E-state index is 13.7. The molecule has 0 spiro atoms. The maximum Gasteiger partial charge on any atom is 0.340 e. The zero-order valence-electron chi connectivity index (χ0n) is 15.7. The van der Waals surface area contributed by atoms with Gasteiger partial charge in [0.2, 0.25) is 0 Å². The second kappa shape index (κ2) is 10.1. The Morgan fingerprint density at radius 2 is 1.75 bits per heavy atom. The largest absolute Gasteiger partial charge is 0.494 e. The van der Waals surface area contributed by atoms with Gasteiger partial charge in [0.15, 0.2) is 0 Å². The van der Waals surface area contributed by atoms with E-state index in [1.165, 1.54) is 55.7 Å². The molecule has 0 amide bonds. The molecule has 8 heteroatoms. The van der Waals surface area contributed by atoms with Gasteiger partial charge in [-0.3, -0.25) is 4.72 Å². The predicted octanol–water partition coefficient (Wildman–Crippen LogP) is 4.67. The lowest BCUT2D eigenvalue weighted by Gasteiger charge is -2.12. The minimum Gasteiger partial charge on any atom is -0.494 e. The van der Waals surface area contributed by atoms with Crippen LogP contribution in [-0.4, -0.2) is 26.1 Å². The van der Waals surface area contributed by atoms with Crippen LogP contribution < -0.4 is 9.46 Å². The molecule has 2 N–H and O–H groups in total. The van der Waals surface area contributed by atoms with Crippen molar-refractivity contribution in [2.24, 2.45) is 0 Å². The number of carboxylic acid groups (broad SMARTS) is 1. The Morgan fingerprint density at radius 3 is 2.39 bits per heavy atom. The highest BCUT2D eigenvalue weighted by Gasteiger charge is 2.21. The van der Waals surface area contributed by atoms with E-state index >= 15 is 0 Å².